The van der Waals surface area contributed by atoms with Gasteiger partial charge in [-0.1, -0.05) is 48.5 Å². The number of hydrogen-bond acceptors (Lipinski definition) is 8. The van der Waals surface area contributed by atoms with Crippen molar-refractivity contribution in [2.75, 3.05) is 44.7 Å². The van der Waals surface area contributed by atoms with Crippen LogP contribution in [0.4, 0.5) is 14.6 Å². The van der Waals surface area contributed by atoms with E-state index in [0.29, 0.717) is 27.2 Å². The van der Waals surface area contributed by atoms with Gasteiger partial charge in [0.25, 0.3) is 5.91 Å². The van der Waals surface area contributed by atoms with Crippen molar-refractivity contribution >= 4 is 45.0 Å². The van der Waals surface area contributed by atoms with Gasteiger partial charge in [-0.3, -0.25) is 9.78 Å². The highest BCUT2D eigenvalue weighted by atomic mass is 35.5. The van der Waals surface area contributed by atoms with E-state index in [4.69, 9.17) is 21.3 Å². The van der Waals surface area contributed by atoms with Crippen molar-refractivity contribution < 1.29 is 18.3 Å². The first kappa shape index (κ1) is 29.7. The second-order valence-electron chi connectivity index (χ2n) is 11.1. The number of likely N-dealkylation sites (tertiary alicyclic amines) is 1. The first-order valence-electron chi connectivity index (χ1n) is 14.4. The van der Waals surface area contributed by atoms with E-state index in [9.17, 15) is 14.4 Å². The molecule has 2 aliphatic heterocycles. The summed E-state index contributed by atoms with van der Waals surface area (Å²) in [7, 11) is 2.05. The predicted molar refractivity (Wildman–Crippen MR) is 165 cm³/mol. The third kappa shape index (κ3) is 5.63. The smallest absolute Gasteiger partial charge is 0.319 e. The average Bonchev–Trinajstić information content (AvgIpc) is 3.02. The fourth-order valence-corrected chi connectivity index (χ4v) is 6.28. The molecule has 2 aliphatic rings. The van der Waals surface area contributed by atoms with Crippen LogP contribution in [0, 0.1) is 17.1 Å². The lowest BCUT2D eigenvalue weighted by Gasteiger charge is -2.41. The number of hydrogen-bond donors (Lipinski definition) is 0. The molecule has 2 aromatic heterocycles. The highest BCUT2D eigenvalue weighted by molar-refractivity contribution is 6.36. The number of rotatable bonds is 6. The highest BCUT2D eigenvalue weighted by Crippen LogP contribution is 2.38. The van der Waals surface area contributed by atoms with Gasteiger partial charge >= 0.3 is 6.01 Å². The largest absolute Gasteiger partial charge is 0.460 e. The number of halogens is 3. The monoisotopic (exact) mass is 617 g/mol. The summed E-state index contributed by atoms with van der Waals surface area (Å²) in [5.41, 5.74) is 0.642. The summed E-state index contributed by atoms with van der Waals surface area (Å²) in [5, 5.41) is 11.8. The maximum atomic E-state index is 16.6. The molecule has 2 saturated heterocycles. The standard InChI is InChI=1S/C32H30ClF2N7O2/c1-19(34)31(43)42-16-15-41(18-21(42)9-12-36)30-24-17-37-28(23-7-3-5-20-6-4-8-25(33)26(20)23)27(35)29(24)38-32(39-30)44-22-10-13-40(2)14-11-22/h3-8,17,21-22H,1,9-11,13-16,18H2,2H3. The number of piperidine rings is 1. The number of carbonyl (C=O) groups is 1. The first-order valence-corrected chi connectivity index (χ1v) is 14.8. The van der Waals surface area contributed by atoms with Crippen LogP contribution in [-0.2, 0) is 4.79 Å². The van der Waals surface area contributed by atoms with Gasteiger partial charge in [0.1, 0.15) is 23.1 Å². The SMILES string of the molecule is C=C(F)C(=O)N1CCN(c2nc(OC3CCN(C)CC3)nc3c(F)c(-c4cccc5cccc(Cl)c45)ncc23)CC1CC#N. The fourth-order valence-electron chi connectivity index (χ4n) is 6.00. The number of anilines is 1. The summed E-state index contributed by atoms with van der Waals surface area (Å²) in [6, 6.07) is 12.4. The van der Waals surface area contributed by atoms with Crippen LogP contribution in [0.3, 0.4) is 0 Å². The maximum Gasteiger partial charge on any atom is 0.319 e. The maximum absolute atomic E-state index is 16.6. The van der Waals surface area contributed by atoms with Crippen molar-refractivity contribution in [2.45, 2.75) is 31.4 Å². The molecule has 1 atom stereocenters. The molecule has 2 aromatic carbocycles. The van der Waals surface area contributed by atoms with Crippen LogP contribution in [0.25, 0.3) is 32.9 Å². The summed E-state index contributed by atoms with van der Waals surface area (Å²) in [6.07, 6.45) is 2.89. The number of fused-ring (bicyclic) bond motifs is 2. The molecule has 44 heavy (non-hydrogen) atoms. The van der Waals surface area contributed by atoms with Crippen LogP contribution in [0.2, 0.25) is 5.02 Å². The number of nitriles is 1. The minimum atomic E-state index is -1.09. The molecule has 0 radical (unpaired) electrons. The Bertz CT molecular complexity index is 1800. The van der Waals surface area contributed by atoms with Crippen LogP contribution in [0.5, 0.6) is 6.01 Å². The molecule has 1 amide bonds. The molecule has 0 saturated carbocycles. The Morgan fingerprint density at radius 2 is 1.91 bits per heavy atom. The predicted octanol–water partition coefficient (Wildman–Crippen LogP) is 5.52. The lowest BCUT2D eigenvalue weighted by atomic mass is 10.0. The van der Waals surface area contributed by atoms with E-state index in [0.717, 1.165) is 31.3 Å². The van der Waals surface area contributed by atoms with Crippen molar-refractivity contribution in [3.05, 3.63) is 65.8 Å². The second kappa shape index (κ2) is 12.3. The number of pyridine rings is 1. The third-order valence-corrected chi connectivity index (χ3v) is 8.61. The molecule has 4 heterocycles. The Balaban J connectivity index is 1.46. The quantitative estimate of drug-likeness (QED) is 0.261. The van der Waals surface area contributed by atoms with Crippen LogP contribution < -0.4 is 9.64 Å². The number of nitrogens with zero attached hydrogens (tertiary/aromatic N) is 7. The van der Waals surface area contributed by atoms with Gasteiger partial charge in [0.05, 0.1) is 23.9 Å². The Hall–Kier alpha value is -4.40. The van der Waals surface area contributed by atoms with E-state index in [1.54, 1.807) is 12.1 Å². The fraction of sp³-hybridized carbons (Fsp3) is 0.344. The van der Waals surface area contributed by atoms with Crippen LogP contribution >= 0.6 is 11.6 Å². The first-order chi connectivity index (χ1) is 21.2. The Morgan fingerprint density at radius 3 is 2.64 bits per heavy atom. The molecular weight excluding hydrogens is 588 g/mol. The molecule has 0 N–H and O–H groups in total. The van der Waals surface area contributed by atoms with Crippen molar-refractivity contribution in [3.8, 4) is 23.3 Å². The zero-order chi connectivity index (χ0) is 31.0. The average molecular weight is 618 g/mol. The van der Waals surface area contributed by atoms with E-state index in [-0.39, 0.29) is 49.4 Å². The summed E-state index contributed by atoms with van der Waals surface area (Å²) in [5.74, 6) is -2.23. The van der Waals surface area contributed by atoms with Gasteiger partial charge in [0.2, 0.25) is 0 Å². The lowest BCUT2D eigenvalue weighted by Crippen LogP contribution is -2.55. The lowest BCUT2D eigenvalue weighted by molar-refractivity contribution is -0.131. The van der Waals surface area contributed by atoms with Gasteiger partial charge < -0.3 is 19.4 Å². The molecule has 0 spiro atoms. The Morgan fingerprint density at radius 1 is 1.16 bits per heavy atom. The normalized spacial score (nSPS) is 18.0. The molecule has 0 bridgehead atoms. The van der Waals surface area contributed by atoms with Crippen molar-refractivity contribution in [1.82, 2.24) is 24.8 Å². The third-order valence-electron chi connectivity index (χ3n) is 8.29. The van der Waals surface area contributed by atoms with Gasteiger partial charge in [-0.15, -0.1) is 0 Å². The molecular formula is C32H30ClF2N7O2. The van der Waals surface area contributed by atoms with E-state index in [2.05, 4.69) is 27.5 Å². The number of amides is 1. The molecule has 4 aromatic rings. The van der Waals surface area contributed by atoms with E-state index in [1.165, 1.54) is 11.1 Å². The summed E-state index contributed by atoms with van der Waals surface area (Å²) in [4.78, 5) is 31.6. The molecule has 0 aliphatic carbocycles. The summed E-state index contributed by atoms with van der Waals surface area (Å²) < 4.78 is 36.6. The molecule has 2 fully saturated rings. The van der Waals surface area contributed by atoms with Crippen molar-refractivity contribution in [2.24, 2.45) is 0 Å². The van der Waals surface area contributed by atoms with Gasteiger partial charge in [-0.05, 0) is 31.3 Å². The van der Waals surface area contributed by atoms with Crippen LogP contribution in [0.1, 0.15) is 19.3 Å². The Kier molecular flexibility index (Phi) is 8.29. The zero-order valence-corrected chi connectivity index (χ0v) is 24.9. The topological polar surface area (TPSA) is 98.5 Å². The Labute approximate surface area is 258 Å². The zero-order valence-electron chi connectivity index (χ0n) is 24.1. The number of piperazine rings is 1. The van der Waals surface area contributed by atoms with Gasteiger partial charge in [0.15, 0.2) is 11.6 Å². The number of carbonyl (C=O) groups excluding carboxylic acids is 1. The van der Waals surface area contributed by atoms with E-state index < -0.39 is 23.6 Å². The highest BCUT2D eigenvalue weighted by Gasteiger charge is 2.34. The van der Waals surface area contributed by atoms with Crippen LogP contribution in [0.15, 0.2) is 55.0 Å². The van der Waals surface area contributed by atoms with Gasteiger partial charge in [0, 0.05) is 54.9 Å². The second-order valence-corrected chi connectivity index (χ2v) is 11.5. The molecule has 226 valence electrons. The minimum absolute atomic E-state index is 0.0273. The van der Waals surface area contributed by atoms with Crippen molar-refractivity contribution in [1.29, 1.82) is 5.26 Å². The molecule has 6 rings (SSSR count). The molecule has 12 heteroatoms. The molecule has 9 nitrogen and oxygen atoms in total. The van der Waals surface area contributed by atoms with Gasteiger partial charge in [-0.2, -0.15) is 15.2 Å². The van der Waals surface area contributed by atoms with Crippen LogP contribution in [-0.4, -0.2) is 82.6 Å². The summed E-state index contributed by atoms with van der Waals surface area (Å²) >= 11 is 6.56. The molecule has 1 unspecified atom stereocenters. The number of ether oxygens (including phenoxy) is 1. The van der Waals surface area contributed by atoms with Crippen molar-refractivity contribution in [3.63, 3.8) is 0 Å². The van der Waals surface area contributed by atoms with E-state index >= 15 is 4.39 Å². The number of benzene rings is 2. The van der Waals surface area contributed by atoms with E-state index in [1.807, 2.05) is 36.2 Å². The van der Waals surface area contributed by atoms with Gasteiger partial charge in [-0.25, -0.2) is 8.78 Å². The number of aromatic nitrogens is 3. The minimum Gasteiger partial charge on any atom is -0.460 e. The summed E-state index contributed by atoms with van der Waals surface area (Å²) in [6.45, 7) is 5.36.